The van der Waals surface area contributed by atoms with Crippen LogP contribution in [-0.2, 0) is 6.42 Å². The molecule has 1 aromatic carbocycles. The smallest absolute Gasteiger partial charge is 0.160 e. The predicted octanol–water partition coefficient (Wildman–Crippen LogP) is 3.29. The Morgan fingerprint density at radius 2 is 1.90 bits per heavy atom. The maximum atomic E-state index is 5.34. The molecule has 0 spiro atoms. The third-order valence-electron chi connectivity index (χ3n) is 3.92. The lowest BCUT2D eigenvalue weighted by Crippen LogP contribution is -2.24. The van der Waals surface area contributed by atoms with Crippen LogP contribution in [0.3, 0.4) is 0 Å². The van der Waals surface area contributed by atoms with Gasteiger partial charge in [-0.3, -0.25) is 0 Å². The van der Waals surface area contributed by atoms with Crippen LogP contribution in [0, 0.1) is 0 Å². The van der Waals surface area contributed by atoms with E-state index in [4.69, 9.17) is 9.47 Å². The van der Waals surface area contributed by atoms with Crippen molar-refractivity contribution in [3.8, 4) is 11.5 Å². The van der Waals surface area contributed by atoms with Gasteiger partial charge < -0.3 is 14.4 Å². The van der Waals surface area contributed by atoms with Crippen LogP contribution < -0.4 is 9.47 Å². The van der Waals surface area contributed by atoms with E-state index >= 15 is 0 Å². The van der Waals surface area contributed by atoms with E-state index in [0.717, 1.165) is 24.5 Å². The molecule has 3 heteroatoms. The molecule has 1 heterocycles. The summed E-state index contributed by atoms with van der Waals surface area (Å²) in [6.45, 7) is 2.30. The minimum atomic E-state index is 0.800. The van der Waals surface area contributed by atoms with Crippen molar-refractivity contribution in [1.29, 1.82) is 0 Å². The normalized spacial score (nSPS) is 15.8. The first-order chi connectivity index (χ1) is 9.72. The van der Waals surface area contributed by atoms with Gasteiger partial charge in [0.05, 0.1) is 14.2 Å². The van der Waals surface area contributed by atoms with Crippen LogP contribution in [0.25, 0.3) is 0 Å². The number of likely N-dealkylation sites (N-methyl/N-ethyl adjacent to an activating group) is 1. The molecule has 0 radical (unpaired) electrons. The topological polar surface area (TPSA) is 21.7 Å². The Hall–Kier alpha value is -1.48. The summed E-state index contributed by atoms with van der Waals surface area (Å²) < 4.78 is 10.6. The molecule has 0 atom stereocenters. The Labute approximate surface area is 122 Å². The average molecular weight is 275 g/mol. The minimum Gasteiger partial charge on any atom is -0.493 e. The summed E-state index contributed by atoms with van der Waals surface area (Å²) in [5.74, 6) is 1.62. The first kappa shape index (κ1) is 14.9. The third-order valence-corrected chi connectivity index (χ3v) is 3.92. The van der Waals surface area contributed by atoms with Gasteiger partial charge in [-0.15, -0.1) is 0 Å². The summed E-state index contributed by atoms with van der Waals surface area (Å²) in [4.78, 5) is 2.36. The highest BCUT2D eigenvalue weighted by Crippen LogP contribution is 2.28. The molecule has 110 valence electrons. The van der Waals surface area contributed by atoms with Gasteiger partial charge in [-0.1, -0.05) is 17.7 Å². The number of ether oxygens (including phenoxy) is 2. The van der Waals surface area contributed by atoms with Crippen molar-refractivity contribution < 1.29 is 9.47 Å². The maximum absolute atomic E-state index is 5.34. The number of hydrogen-bond acceptors (Lipinski definition) is 3. The van der Waals surface area contributed by atoms with Gasteiger partial charge in [-0.2, -0.15) is 0 Å². The first-order valence-electron chi connectivity index (χ1n) is 7.30. The number of nitrogens with zero attached hydrogens (tertiary/aromatic N) is 1. The zero-order chi connectivity index (χ0) is 14.4. The molecule has 0 N–H and O–H groups in total. The Balaban J connectivity index is 1.85. The van der Waals surface area contributed by atoms with Gasteiger partial charge in [0.25, 0.3) is 0 Å². The average Bonchev–Trinajstić information content (AvgIpc) is 2.49. The molecule has 2 rings (SSSR count). The number of aryl methyl sites for hydroxylation is 1. The minimum absolute atomic E-state index is 0.800. The highest BCUT2D eigenvalue weighted by molar-refractivity contribution is 5.42. The molecular formula is C17H25NO2. The quantitative estimate of drug-likeness (QED) is 0.744. The van der Waals surface area contributed by atoms with Crippen molar-refractivity contribution in [2.24, 2.45) is 0 Å². The van der Waals surface area contributed by atoms with Crippen LogP contribution in [0.5, 0.6) is 11.5 Å². The van der Waals surface area contributed by atoms with Gasteiger partial charge in [0.1, 0.15) is 0 Å². The Bertz CT molecular complexity index is 468. The molecule has 0 bridgehead atoms. The predicted molar refractivity (Wildman–Crippen MR) is 82.7 cm³/mol. The Morgan fingerprint density at radius 1 is 1.10 bits per heavy atom. The summed E-state index contributed by atoms with van der Waals surface area (Å²) in [5.41, 5.74) is 2.93. The monoisotopic (exact) mass is 275 g/mol. The van der Waals surface area contributed by atoms with Crippen LogP contribution in [0.1, 0.15) is 24.8 Å². The number of methoxy groups -OCH3 is 2. The lowest BCUT2D eigenvalue weighted by molar-refractivity contribution is 0.354. The molecule has 0 aliphatic carbocycles. The molecule has 0 unspecified atom stereocenters. The lowest BCUT2D eigenvalue weighted by atomic mass is 9.99. The van der Waals surface area contributed by atoms with E-state index in [0.29, 0.717) is 0 Å². The van der Waals surface area contributed by atoms with Crippen LogP contribution in [0.2, 0.25) is 0 Å². The fourth-order valence-electron chi connectivity index (χ4n) is 2.60. The second kappa shape index (κ2) is 7.34. The van der Waals surface area contributed by atoms with Crippen molar-refractivity contribution in [1.82, 2.24) is 4.90 Å². The van der Waals surface area contributed by atoms with Crippen LogP contribution in [-0.4, -0.2) is 39.3 Å². The van der Waals surface area contributed by atoms with Crippen molar-refractivity contribution in [3.63, 3.8) is 0 Å². The largest absolute Gasteiger partial charge is 0.493 e. The third kappa shape index (κ3) is 4.01. The summed E-state index contributed by atoms with van der Waals surface area (Å²) in [5, 5.41) is 0. The van der Waals surface area contributed by atoms with E-state index < -0.39 is 0 Å². The molecule has 3 nitrogen and oxygen atoms in total. The standard InChI is InChI=1S/C17H25NO2/c1-18-11-9-14(10-12-18)5-4-6-15-7-8-16(19-2)17(13-15)20-3/h7-9,13H,4-6,10-12H2,1-3H3. The van der Waals surface area contributed by atoms with E-state index in [2.05, 4.69) is 30.2 Å². The van der Waals surface area contributed by atoms with E-state index in [-0.39, 0.29) is 0 Å². The van der Waals surface area contributed by atoms with Gasteiger partial charge in [-0.05, 0) is 50.4 Å². The molecule has 0 saturated carbocycles. The molecule has 1 aliphatic rings. The van der Waals surface area contributed by atoms with E-state index in [1.54, 1.807) is 19.8 Å². The van der Waals surface area contributed by atoms with E-state index in [9.17, 15) is 0 Å². The number of rotatable bonds is 6. The fourth-order valence-corrected chi connectivity index (χ4v) is 2.60. The highest BCUT2D eigenvalue weighted by atomic mass is 16.5. The van der Waals surface area contributed by atoms with Crippen molar-refractivity contribution in [2.75, 3.05) is 34.4 Å². The second-order valence-electron chi connectivity index (χ2n) is 5.42. The summed E-state index contributed by atoms with van der Waals surface area (Å²) in [6, 6.07) is 6.20. The summed E-state index contributed by atoms with van der Waals surface area (Å²) in [7, 11) is 5.53. The number of hydrogen-bond donors (Lipinski definition) is 0. The van der Waals surface area contributed by atoms with Gasteiger partial charge in [0.15, 0.2) is 11.5 Å². The molecule has 20 heavy (non-hydrogen) atoms. The maximum Gasteiger partial charge on any atom is 0.160 e. The molecular weight excluding hydrogens is 250 g/mol. The Morgan fingerprint density at radius 3 is 2.55 bits per heavy atom. The van der Waals surface area contributed by atoms with Crippen molar-refractivity contribution in [2.45, 2.75) is 25.7 Å². The molecule has 0 saturated heterocycles. The fraction of sp³-hybridized carbons (Fsp3) is 0.529. The number of benzene rings is 1. The van der Waals surface area contributed by atoms with Crippen molar-refractivity contribution in [3.05, 3.63) is 35.4 Å². The summed E-state index contributed by atoms with van der Waals surface area (Å²) in [6.07, 6.45) is 7.11. The second-order valence-corrected chi connectivity index (χ2v) is 5.42. The Kier molecular flexibility index (Phi) is 5.48. The molecule has 1 aromatic rings. The van der Waals surface area contributed by atoms with Gasteiger partial charge in [0.2, 0.25) is 0 Å². The zero-order valence-corrected chi connectivity index (χ0v) is 12.8. The molecule has 0 fully saturated rings. The first-order valence-corrected chi connectivity index (χ1v) is 7.30. The lowest BCUT2D eigenvalue weighted by Gasteiger charge is -2.21. The van der Waals surface area contributed by atoms with Crippen LogP contribution in [0.15, 0.2) is 29.8 Å². The molecule has 1 aliphatic heterocycles. The SMILES string of the molecule is COc1ccc(CCCC2=CCN(C)CC2)cc1OC. The molecule has 0 aromatic heterocycles. The highest BCUT2D eigenvalue weighted by Gasteiger charge is 2.08. The van der Waals surface area contributed by atoms with Gasteiger partial charge >= 0.3 is 0 Å². The van der Waals surface area contributed by atoms with E-state index in [1.165, 1.54) is 31.4 Å². The van der Waals surface area contributed by atoms with Crippen LogP contribution in [0.4, 0.5) is 0 Å². The van der Waals surface area contributed by atoms with Crippen molar-refractivity contribution >= 4 is 0 Å². The van der Waals surface area contributed by atoms with Gasteiger partial charge in [-0.25, -0.2) is 0 Å². The molecule has 0 amide bonds. The van der Waals surface area contributed by atoms with Gasteiger partial charge in [0, 0.05) is 13.1 Å². The van der Waals surface area contributed by atoms with Crippen LogP contribution >= 0.6 is 0 Å². The zero-order valence-electron chi connectivity index (χ0n) is 12.8. The van der Waals surface area contributed by atoms with E-state index in [1.807, 2.05) is 6.07 Å². The summed E-state index contributed by atoms with van der Waals surface area (Å²) >= 11 is 0.